The third kappa shape index (κ3) is 8.55. The lowest BCUT2D eigenvalue weighted by molar-refractivity contribution is -0.297. The van der Waals surface area contributed by atoms with Crippen LogP contribution in [0, 0.1) is 0 Å². The molecule has 0 saturated heterocycles. The maximum Gasteiger partial charge on any atom is 0.572 e. The van der Waals surface area contributed by atoms with Crippen LogP contribution in [0.15, 0.2) is 43.2 Å². The van der Waals surface area contributed by atoms with E-state index in [-0.39, 0.29) is 0 Å². The number of halogens is 3. The third-order valence-corrected chi connectivity index (χ3v) is 1.15. The highest BCUT2D eigenvalue weighted by molar-refractivity contribution is 5.74. The highest BCUT2D eigenvalue weighted by atomic mass is 19.4. The summed E-state index contributed by atoms with van der Waals surface area (Å²) in [6.07, 6.45) is -3.40. The van der Waals surface area contributed by atoms with E-state index in [9.17, 15) is 18.0 Å². The summed E-state index contributed by atoms with van der Waals surface area (Å²) in [7, 11) is 0. The SMILES string of the molecule is C=COC(F)(F)F.O=Cc1ccccc1. The van der Waals surface area contributed by atoms with Crippen molar-refractivity contribution in [3.8, 4) is 0 Å². The van der Waals surface area contributed by atoms with Crippen LogP contribution in [0.5, 0.6) is 0 Å². The molecule has 0 unspecified atom stereocenters. The molecule has 0 saturated carbocycles. The number of carbonyl (C=O) groups is 1. The summed E-state index contributed by atoms with van der Waals surface area (Å²) < 4.78 is 35.3. The molecule has 0 N–H and O–H groups in total. The first-order chi connectivity index (χ1) is 6.99. The standard InChI is InChI=1S/C7H6O.C3H3F3O/c8-6-7-4-2-1-3-5-7;1-2-7-3(4,5)6/h1-6H;2H,1H2. The van der Waals surface area contributed by atoms with Crippen LogP contribution in [-0.4, -0.2) is 12.6 Å². The van der Waals surface area contributed by atoms with Crippen LogP contribution in [0.25, 0.3) is 0 Å². The van der Waals surface area contributed by atoms with Crippen molar-refractivity contribution in [1.82, 2.24) is 0 Å². The van der Waals surface area contributed by atoms with Gasteiger partial charge in [0.25, 0.3) is 0 Å². The van der Waals surface area contributed by atoms with Crippen molar-refractivity contribution in [2.75, 3.05) is 0 Å². The van der Waals surface area contributed by atoms with Crippen molar-refractivity contribution in [1.29, 1.82) is 0 Å². The lowest BCUT2D eigenvalue weighted by atomic mass is 10.2. The fourth-order valence-electron chi connectivity index (χ4n) is 0.626. The maximum atomic E-state index is 10.8. The van der Waals surface area contributed by atoms with Gasteiger partial charge in [0.2, 0.25) is 0 Å². The molecule has 0 amide bonds. The molecule has 1 aromatic carbocycles. The van der Waals surface area contributed by atoms with Crippen molar-refractivity contribution in [2.24, 2.45) is 0 Å². The van der Waals surface area contributed by atoms with E-state index in [2.05, 4.69) is 11.3 Å². The Bertz CT molecular complexity index is 293. The minimum absolute atomic E-state index is 0.333. The van der Waals surface area contributed by atoms with Crippen LogP contribution < -0.4 is 0 Å². The topological polar surface area (TPSA) is 26.3 Å². The maximum absolute atomic E-state index is 10.8. The average Bonchev–Trinajstić information content (AvgIpc) is 2.18. The summed E-state index contributed by atoms with van der Waals surface area (Å²) in [5.41, 5.74) is 0.729. The van der Waals surface area contributed by atoms with E-state index >= 15 is 0 Å². The lowest BCUT2D eigenvalue weighted by Gasteiger charge is -2.00. The van der Waals surface area contributed by atoms with Crippen LogP contribution in [-0.2, 0) is 4.74 Å². The van der Waals surface area contributed by atoms with Gasteiger partial charge in [-0.1, -0.05) is 36.9 Å². The van der Waals surface area contributed by atoms with E-state index in [1.54, 1.807) is 12.1 Å². The Balaban J connectivity index is 0.000000265. The van der Waals surface area contributed by atoms with Gasteiger partial charge >= 0.3 is 6.36 Å². The molecule has 0 radical (unpaired) electrons. The van der Waals surface area contributed by atoms with Gasteiger partial charge in [0.05, 0.1) is 6.26 Å². The van der Waals surface area contributed by atoms with Crippen LogP contribution in [0.1, 0.15) is 10.4 Å². The lowest BCUT2D eigenvalue weighted by Crippen LogP contribution is -2.07. The number of aldehydes is 1. The zero-order chi connectivity index (χ0) is 11.7. The Morgan fingerprint density at radius 1 is 1.20 bits per heavy atom. The zero-order valence-electron chi connectivity index (χ0n) is 7.70. The Kier molecular flexibility index (Phi) is 5.85. The molecule has 1 rings (SSSR count). The van der Waals surface area contributed by atoms with Gasteiger partial charge in [-0.3, -0.25) is 4.79 Å². The van der Waals surface area contributed by atoms with Gasteiger partial charge in [0.1, 0.15) is 6.29 Å². The Morgan fingerprint density at radius 3 is 1.93 bits per heavy atom. The molecule has 0 aromatic heterocycles. The van der Waals surface area contributed by atoms with Crippen molar-refractivity contribution in [3.63, 3.8) is 0 Å². The van der Waals surface area contributed by atoms with Crippen molar-refractivity contribution in [2.45, 2.75) is 6.36 Å². The van der Waals surface area contributed by atoms with E-state index in [4.69, 9.17) is 0 Å². The number of carbonyl (C=O) groups excluding carboxylic acids is 1. The van der Waals surface area contributed by atoms with E-state index in [0.717, 1.165) is 11.8 Å². The number of rotatable bonds is 2. The van der Waals surface area contributed by atoms with Gasteiger partial charge in [-0.2, -0.15) is 0 Å². The van der Waals surface area contributed by atoms with Crippen LogP contribution in [0.2, 0.25) is 0 Å². The molecule has 0 aliphatic heterocycles. The first-order valence-corrected chi connectivity index (χ1v) is 3.85. The van der Waals surface area contributed by atoms with Crippen molar-refractivity contribution >= 4 is 6.29 Å². The largest absolute Gasteiger partial charge is 0.572 e. The van der Waals surface area contributed by atoms with Gasteiger partial charge in [-0.05, 0) is 0 Å². The molecule has 0 heterocycles. The number of alkyl halides is 3. The van der Waals surface area contributed by atoms with Gasteiger partial charge in [-0.25, -0.2) is 0 Å². The first-order valence-electron chi connectivity index (χ1n) is 3.85. The molecule has 0 spiro atoms. The van der Waals surface area contributed by atoms with E-state index in [0.29, 0.717) is 6.26 Å². The minimum atomic E-state index is -4.57. The van der Waals surface area contributed by atoms with E-state index in [1.165, 1.54) is 0 Å². The zero-order valence-corrected chi connectivity index (χ0v) is 7.70. The van der Waals surface area contributed by atoms with Gasteiger partial charge in [0, 0.05) is 5.56 Å². The van der Waals surface area contributed by atoms with Crippen molar-refractivity contribution < 1.29 is 22.7 Å². The summed E-state index contributed by atoms with van der Waals surface area (Å²) in [6, 6.07) is 9.10. The second kappa shape index (κ2) is 6.64. The summed E-state index contributed by atoms with van der Waals surface area (Å²) in [4.78, 5) is 10.0. The fourth-order valence-corrected chi connectivity index (χ4v) is 0.626. The molecule has 2 nitrogen and oxygen atoms in total. The molecular formula is C10H9F3O2. The van der Waals surface area contributed by atoms with E-state index in [1.807, 2.05) is 18.2 Å². The van der Waals surface area contributed by atoms with Crippen LogP contribution in [0.3, 0.4) is 0 Å². The summed E-state index contributed by atoms with van der Waals surface area (Å²) in [6.45, 7) is 2.70. The number of hydrogen-bond donors (Lipinski definition) is 0. The normalized spacial score (nSPS) is 9.53. The first kappa shape index (κ1) is 13.2. The molecule has 0 bridgehead atoms. The molecule has 15 heavy (non-hydrogen) atoms. The Hall–Kier alpha value is -1.78. The smallest absolute Gasteiger partial charge is 0.414 e. The number of benzene rings is 1. The van der Waals surface area contributed by atoms with Crippen molar-refractivity contribution in [3.05, 3.63) is 48.7 Å². The second-order valence-corrected chi connectivity index (χ2v) is 2.26. The minimum Gasteiger partial charge on any atom is -0.414 e. The van der Waals surface area contributed by atoms with E-state index < -0.39 is 6.36 Å². The number of hydrogen-bond acceptors (Lipinski definition) is 2. The van der Waals surface area contributed by atoms with Crippen LogP contribution in [0.4, 0.5) is 13.2 Å². The quantitative estimate of drug-likeness (QED) is 0.563. The number of ether oxygens (including phenoxy) is 1. The predicted octanol–water partition coefficient (Wildman–Crippen LogP) is 3.17. The average molecular weight is 218 g/mol. The fraction of sp³-hybridized carbons (Fsp3) is 0.100. The molecule has 5 heteroatoms. The molecule has 0 fully saturated rings. The predicted molar refractivity (Wildman–Crippen MR) is 49.2 cm³/mol. The summed E-state index contributed by atoms with van der Waals surface area (Å²) in [5.74, 6) is 0. The molecular weight excluding hydrogens is 209 g/mol. The molecule has 0 atom stereocenters. The Morgan fingerprint density at radius 2 is 1.73 bits per heavy atom. The Labute approximate surface area is 85.0 Å². The summed E-state index contributed by atoms with van der Waals surface area (Å²) in [5, 5.41) is 0. The summed E-state index contributed by atoms with van der Waals surface area (Å²) >= 11 is 0. The molecule has 82 valence electrons. The van der Waals surface area contributed by atoms with Gasteiger partial charge in [0.15, 0.2) is 0 Å². The highest BCUT2D eigenvalue weighted by Crippen LogP contribution is 2.15. The third-order valence-electron chi connectivity index (χ3n) is 1.15. The van der Waals surface area contributed by atoms with Gasteiger partial charge in [-0.15, -0.1) is 13.2 Å². The van der Waals surface area contributed by atoms with Gasteiger partial charge < -0.3 is 4.74 Å². The molecule has 1 aromatic rings. The highest BCUT2D eigenvalue weighted by Gasteiger charge is 2.28. The van der Waals surface area contributed by atoms with Crippen LogP contribution >= 0.6 is 0 Å². The molecule has 0 aliphatic carbocycles. The monoisotopic (exact) mass is 218 g/mol. The second-order valence-electron chi connectivity index (χ2n) is 2.26. The molecule has 0 aliphatic rings.